The quantitative estimate of drug-likeness (QED) is 0.165. The van der Waals surface area contributed by atoms with Gasteiger partial charge in [0.15, 0.2) is 0 Å². The molecule has 3 nitrogen and oxygen atoms in total. The summed E-state index contributed by atoms with van der Waals surface area (Å²) >= 11 is 0. The fraction of sp³-hybridized carbons (Fsp3) is 0. The van der Waals surface area contributed by atoms with Gasteiger partial charge in [0.2, 0.25) is 0 Å². The van der Waals surface area contributed by atoms with Crippen molar-refractivity contribution in [3.63, 3.8) is 0 Å². The summed E-state index contributed by atoms with van der Waals surface area (Å²) in [5, 5.41) is 7.25. The molecular formula is C57H37N3. The van der Waals surface area contributed by atoms with E-state index in [4.69, 9.17) is 4.98 Å². The molecule has 280 valence electrons. The first-order valence-corrected chi connectivity index (χ1v) is 20.6. The van der Waals surface area contributed by atoms with Gasteiger partial charge in [-0.15, -0.1) is 0 Å². The lowest BCUT2D eigenvalue weighted by molar-refractivity contribution is 1.16. The molecule has 0 bridgehead atoms. The predicted octanol–water partition coefficient (Wildman–Crippen LogP) is 15.1. The van der Waals surface area contributed by atoms with Crippen molar-refractivity contribution in [3.05, 3.63) is 224 Å². The Morgan fingerprint density at radius 2 is 0.750 bits per heavy atom. The average molecular weight is 764 g/mol. The van der Waals surface area contributed by atoms with Gasteiger partial charge >= 0.3 is 0 Å². The van der Waals surface area contributed by atoms with Crippen molar-refractivity contribution in [2.45, 2.75) is 0 Å². The Morgan fingerprint density at radius 1 is 0.283 bits per heavy atom. The minimum absolute atomic E-state index is 0.940. The second-order valence-corrected chi connectivity index (χ2v) is 15.5. The van der Waals surface area contributed by atoms with Crippen LogP contribution in [0.15, 0.2) is 224 Å². The molecule has 0 spiro atoms. The van der Waals surface area contributed by atoms with Gasteiger partial charge in [0.25, 0.3) is 0 Å². The van der Waals surface area contributed by atoms with E-state index in [2.05, 4.69) is 234 Å². The molecule has 0 saturated carbocycles. The Hall–Kier alpha value is -8.01. The van der Waals surface area contributed by atoms with Crippen LogP contribution in [0.25, 0.3) is 111 Å². The standard InChI is InChI=1S/C57H37N3/c1-4-16-38(17-5-1)39-28-30-40(31-29-39)42-36-51(41-18-6-2-7-19-41)58-52(37-42)45-34-35-55(46-23-11-10-22-44(45)46)60-54-27-15-13-25-48(54)50-33-32-49-47-24-12-14-26-53(47)59(56(49)57(50)60)43-20-8-3-9-21-43/h1-37H. The lowest BCUT2D eigenvalue weighted by Gasteiger charge is -2.17. The summed E-state index contributed by atoms with van der Waals surface area (Å²) in [4.78, 5) is 5.41. The van der Waals surface area contributed by atoms with Gasteiger partial charge < -0.3 is 9.13 Å². The molecule has 0 unspecified atom stereocenters. The molecule has 0 atom stereocenters. The smallest absolute Gasteiger partial charge is 0.0789 e. The molecule has 0 fully saturated rings. The summed E-state index contributed by atoms with van der Waals surface area (Å²) in [7, 11) is 0. The number of nitrogens with zero attached hydrogens (tertiary/aromatic N) is 3. The number of aromatic nitrogens is 3. The lowest BCUT2D eigenvalue weighted by Crippen LogP contribution is -2.00. The maximum atomic E-state index is 5.41. The number of pyridine rings is 1. The van der Waals surface area contributed by atoms with Crippen LogP contribution in [0.1, 0.15) is 0 Å². The molecule has 0 aliphatic heterocycles. The van der Waals surface area contributed by atoms with E-state index in [0.717, 1.165) is 55.8 Å². The van der Waals surface area contributed by atoms with Crippen LogP contribution in [0.4, 0.5) is 0 Å². The monoisotopic (exact) mass is 763 g/mol. The third kappa shape index (κ3) is 5.40. The molecule has 9 aromatic carbocycles. The molecule has 0 amide bonds. The molecule has 0 radical (unpaired) electrons. The van der Waals surface area contributed by atoms with Gasteiger partial charge in [0, 0.05) is 43.7 Å². The fourth-order valence-electron chi connectivity index (χ4n) is 9.38. The van der Waals surface area contributed by atoms with Gasteiger partial charge in [-0.1, -0.05) is 182 Å². The van der Waals surface area contributed by atoms with Crippen LogP contribution in [0, 0.1) is 0 Å². The van der Waals surface area contributed by atoms with Crippen LogP contribution in [0.2, 0.25) is 0 Å². The molecule has 0 N–H and O–H groups in total. The molecule has 3 heterocycles. The Kier molecular flexibility index (Phi) is 7.85. The van der Waals surface area contributed by atoms with Gasteiger partial charge in [-0.05, 0) is 70.1 Å². The van der Waals surface area contributed by atoms with Gasteiger partial charge in [0.1, 0.15) is 0 Å². The zero-order chi connectivity index (χ0) is 39.6. The first-order chi connectivity index (χ1) is 29.8. The van der Waals surface area contributed by atoms with E-state index in [-0.39, 0.29) is 0 Å². The predicted molar refractivity (Wildman–Crippen MR) is 252 cm³/mol. The van der Waals surface area contributed by atoms with E-state index >= 15 is 0 Å². The van der Waals surface area contributed by atoms with Gasteiger partial charge in [-0.2, -0.15) is 0 Å². The third-order valence-electron chi connectivity index (χ3n) is 12.1. The topological polar surface area (TPSA) is 22.8 Å². The van der Waals surface area contributed by atoms with Crippen LogP contribution >= 0.6 is 0 Å². The Labute approximate surface area is 347 Å². The van der Waals surface area contributed by atoms with Crippen molar-refractivity contribution in [1.82, 2.24) is 14.1 Å². The molecule has 0 aliphatic rings. The first kappa shape index (κ1) is 34.1. The van der Waals surface area contributed by atoms with Gasteiger partial charge in [0.05, 0.1) is 39.1 Å². The number of hydrogen-bond donors (Lipinski definition) is 0. The summed E-state index contributed by atoms with van der Waals surface area (Å²) in [6.45, 7) is 0. The number of benzene rings is 9. The molecule has 3 aromatic heterocycles. The SMILES string of the molecule is c1ccc(-c2ccc(-c3cc(-c4ccccc4)nc(-c4ccc(-n5c6ccccc6c6ccc7c8ccccc8n(-c8ccccc8)c7c65)c5ccccc45)c3)cc2)cc1. The van der Waals surface area contributed by atoms with Crippen LogP contribution in [-0.4, -0.2) is 14.1 Å². The van der Waals surface area contributed by atoms with Crippen LogP contribution in [0.5, 0.6) is 0 Å². The van der Waals surface area contributed by atoms with Crippen LogP contribution < -0.4 is 0 Å². The molecule has 12 rings (SSSR count). The van der Waals surface area contributed by atoms with E-state index in [9.17, 15) is 0 Å². The van der Waals surface area contributed by atoms with Crippen molar-refractivity contribution in [2.75, 3.05) is 0 Å². The van der Waals surface area contributed by atoms with Gasteiger partial charge in [-0.3, -0.25) is 0 Å². The Morgan fingerprint density at radius 3 is 1.40 bits per heavy atom. The maximum Gasteiger partial charge on any atom is 0.0789 e. The highest BCUT2D eigenvalue weighted by molar-refractivity contribution is 6.24. The first-order valence-electron chi connectivity index (χ1n) is 20.6. The van der Waals surface area contributed by atoms with Gasteiger partial charge in [-0.25, -0.2) is 4.98 Å². The largest absolute Gasteiger partial charge is 0.307 e. The van der Waals surface area contributed by atoms with Crippen LogP contribution in [0.3, 0.4) is 0 Å². The highest BCUT2D eigenvalue weighted by atomic mass is 15.0. The average Bonchev–Trinajstić information content (AvgIpc) is 3.85. The number of hydrogen-bond acceptors (Lipinski definition) is 1. The van der Waals surface area contributed by atoms with E-state index in [0.29, 0.717) is 0 Å². The lowest BCUT2D eigenvalue weighted by atomic mass is 9.95. The molecule has 3 heteroatoms. The second-order valence-electron chi connectivity index (χ2n) is 15.5. The third-order valence-corrected chi connectivity index (χ3v) is 12.1. The van der Waals surface area contributed by atoms with E-state index in [1.165, 1.54) is 54.7 Å². The maximum absolute atomic E-state index is 5.41. The minimum atomic E-state index is 0.940. The summed E-state index contributed by atoms with van der Waals surface area (Å²) in [6, 6.07) is 80.9. The van der Waals surface area contributed by atoms with Crippen molar-refractivity contribution >= 4 is 54.4 Å². The van der Waals surface area contributed by atoms with Crippen molar-refractivity contribution in [1.29, 1.82) is 0 Å². The van der Waals surface area contributed by atoms with E-state index in [1.807, 2.05) is 0 Å². The molecule has 0 saturated heterocycles. The van der Waals surface area contributed by atoms with Crippen molar-refractivity contribution in [3.8, 4) is 56.1 Å². The fourth-order valence-corrected chi connectivity index (χ4v) is 9.38. The minimum Gasteiger partial charge on any atom is -0.307 e. The normalized spacial score (nSPS) is 11.7. The van der Waals surface area contributed by atoms with Crippen molar-refractivity contribution in [2.24, 2.45) is 0 Å². The molecule has 0 aliphatic carbocycles. The molecule has 60 heavy (non-hydrogen) atoms. The molecule has 12 aromatic rings. The second kappa shape index (κ2) is 13.8. The summed E-state index contributed by atoms with van der Waals surface area (Å²) in [5.41, 5.74) is 15.8. The number of fused-ring (bicyclic) bond motifs is 8. The highest BCUT2D eigenvalue weighted by Gasteiger charge is 2.23. The highest BCUT2D eigenvalue weighted by Crippen LogP contribution is 2.44. The summed E-state index contributed by atoms with van der Waals surface area (Å²) in [5.74, 6) is 0. The number of para-hydroxylation sites is 3. The summed E-state index contributed by atoms with van der Waals surface area (Å²) in [6.07, 6.45) is 0. The van der Waals surface area contributed by atoms with Crippen LogP contribution in [-0.2, 0) is 0 Å². The van der Waals surface area contributed by atoms with E-state index < -0.39 is 0 Å². The Bertz CT molecular complexity index is 3560. The summed E-state index contributed by atoms with van der Waals surface area (Å²) < 4.78 is 4.96. The molecular weight excluding hydrogens is 727 g/mol. The Balaban J connectivity index is 1.11. The van der Waals surface area contributed by atoms with Crippen molar-refractivity contribution < 1.29 is 0 Å². The zero-order valence-electron chi connectivity index (χ0n) is 32.7. The number of rotatable bonds is 6. The van der Waals surface area contributed by atoms with E-state index in [1.54, 1.807) is 0 Å². The zero-order valence-corrected chi connectivity index (χ0v) is 32.7.